The molecule has 5 heteroatoms. The largest absolute Gasteiger partial charge is 0.478 e. The van der Waals surface area contributed by atoms with Crippen LogP contribution in [0.3, 0.4) is 0 Å². The molecule has 0 radical (unpaired) electrons. The minimum Gasteiger partial charge on any atom is -0.478 e. The number of carboxylic acids is 1. The molecular formula is C13H17NO4. The van der Waals surface area contributed by atoms with Crippen molar-refractivity contribution in [2.24, 2.45) is 0 Å². The average molecular weight is 251 g/mol. The van der Waals surface area contributed by atoms with Crippen LogP contribution < -0.4 is 0 Å². The Morgan fingerprint density at radius 2 is 2.06 bits per heavy atom. The molecule has 0 spiro atoms. The maximum Gasteiger partial charge on any atom is 0.355 e. The third kappa shape index (κ3) is 3.00. The van der Waals surface area contributed by atoms with Crippen LogP contribution in [0.5, 0.6) is 0 Å². The Hall–Kier alpha value is -2.04. The second-order valence-corrected chi connectivity index (χ2v) is 3.76. The van der Waals surface area contributed by atoms with Crippen molar-refractivity contribution in [2.75, 3.05) is 6.61 Å². The van der Waals surface area contributed by atoms with E-state index in [9.17, 15) is 9.59 Å². The molecular weight excluding hydrogens is 234 g/mol. The van der Waals surface area contributed by atoms with Crippen LogP contribution in [0.15, 0.2) is 6.08 Å². The highest BCUT2D eigenvalue weighted by atomic mass is 16.5. The summed E-state index contributed by atoms with van der Waals surface area (Å²) in [6.45, 7) is 5.75. The Labute approximate surface area is 105 Å². The van der Waals surface area contributed by atoms with E-state index in [2.05, 4.69) is 4.98 Å². The number of esters is 1. The lowest BCUT2D eigenvalue weighted by atomic mass is 10.1. The van der Waals surface area contributed by atoms with Gasteiger partial charge in [0.15, 0.2) is 0 Å². The monoisotopic (exact) mass is 251 g/mol. The lowest BCUT2D eigenvalue weighted by Crippen LogP contribution is -2.07. The molecule has 0 saturated carbocycles. The third-order valence-electron chi connectivity index (χ3n) is 2.57. The summed E-state index contributed by atoms with van der Waals surface area (Å²) in [6.07, 6.45) is 3.18. The molecule has 0 saturated heterocycles. The van der Waals surface area contributed by atoms with Crippen LogP contribution in [-0.4, -0.2) is 28.6 Å². The van der Waals surface area contributed by atoms with E-state index in [4.69, 9.17) is 9.84 Å². The number of rotatable bonds is 5. The first-order valence-electron chi connectivity index (χ1n) is 5.80. The zero-order valence-corrected chi connectivity index (χ0v) is 10.7. The standard InChI is InChI=1S/C13H17NO4/c1-4-9-10(6-7-11(15)16)8(3)14-12(9)13(17)18-5-2/h6-7,14H,4-5H2,1-3H3,(H,15,16)/b7-6+. The molecule has 0 aliphatic heterocycles. The predicted octanol–water partition coefficient (Wildman–Crippen LogP) is 2.16. The molecule has 0 bridgehead atoms. The lowest BCUT2D eigenvalue weighted by Gasteiger charge is -2.02. The quantitative estimate of drug-likeness (QED) is 0.620. The van der Waals surface area contributed by atoms with Crippen LogP contribution in [0.2, 0.25) is 0 Å². The molecule has 1 aromatic heterocycles. The molecule has 0 aliphatic carbocycles. The highest BCUT2D eigenvalue weighted by Gasteiger charge is 2.18. The first-order valence-corrected chi connectivity index (χ1v) is 5.80. The summed E-state index contributed by atoms with van der Waals surface area (Å²) in [5.74, 6) is -1.43. The number of nitrogens with one attached hydrogen (secondary N) is 1. The zero-order chi connectivity index (χ0) is 13.7. The fourth-order valence-corrected chi connectivity index (χ4v) is 1.82. The minimum absolute atomic E-state index is 0.306. The van der Waals surface area contributed by atoms with Gasteiger partial charge in [-0.15, -0.1) is 0 Å². The van der Waals surface area contributed by atoms with Gasteiger partial charge in [0, 0.05) is 11.8 Å². The summed E-state index contributed by atoms with van der Waals surface area (Å²) in [4.78, 5) is 25.2. The van der Waals surface area contributed by atoms with Crippen molar-refractivity contribution >= 4 is 18.0 Å². The minimum atomic E-state index is -1.02. The van der Waals surface area contributed by atoms with Crippen LogP contribution in [-0.2, 0) is 16.0 Å². The van der Waals surface area contributed by atoms with Gasteiger partial charge in [0.2, 0.25) is 0 Å². The summed E-state index contributed by atoms with van der Waals surface area (Å²) >= 11 is 0. The molecule has 1 rings (SSSR count). The fraction of sp³-hybridized carbons (Fsp3) is 0.385. The number of carboxylic acid groups (broad SMARTS) is 1. The van der Waals surface area contributed by atoms with Gasteiger partial charge < -0.3 is 14.8 Å². The van der Waals surface area contributed by atoms with Crippen LogP contribution in [0.4, 0.5) is 0 Å². The second kappa shape index (κ2) is 6.05. The van der Waals surface area contributed by atoms with E-state index in [1.165, 1.54) is 6.08 Å². The molecule has 0 atom stereocenters. The van der Waals surface area contributed by atoms with Crippen molar-refractivity contribution in [1.82, 2.24) is 4.98 Å². The van der Waals surface area contributed by atoms with E-state index in [0.29, 0.717) is 18.7 Å². The van der Waals surface area contributed by atoms with Gasteiger partial charge in [-0.2, -0.15) is 0 Å². The fourth-order valence-electron chi connectivity index (χ4n) is 1.82. The number of ether oxygens (including phenoxy) is 1. The van der Waals surface area contributed by atoms with Crippen LogP contribution >= 0.6 is 0 Å². The van der Waals surface area contributed by atoms with Crippen LogP contribution in [0.1, 0.15) is 41.2 Å². The summed E-state index contributed by atoms with van der Waals surface area (Å²) in [7, 11) is 0. The molecule has 0 unspecified atom stereocenters. The number of aliphatic carboxylic acids is 1. The first kappa shape index (κ1) is 14.0. The molecule has 0 amide bonds. The highest BCUT2D eigenvalue weighted by molar-refractivity contribution is 5.92. The Kier molecular flexibility index (Phi) is 4.71. The summed E-state index contributed by atoms with van der Waals surface area (Å²) in [5.41, 5.74) is 2.68. The smallest absolute Gasteiger partial charge is 0.355 e. The van der Waals surface area contributed by atoms with Crippen molar-refractivity contribution in [1.29, 1.82) is 0 Å². The van der Waals surface area contributed by atoms with Gasteiger partial charge in [0.05, 0.1) is 6.61 Å². The number of carbonyl (C=O) groups is 2. The molecule has 18 heavy (non-hydrogen) atoms. The summed E-state index contributed by atoms with van der Waals surface area (Å²) in [5, 5.41) is 8.64. The summed E-state index contributed by atoms with van der Waals surface area (Å²) in [6, 6.07) is 0. The number of hydrogen-bond acceptors (Lipinski definition) is 3. The second-order valence-electron chi connectivity index (χ2n) is 3.76. The Balaban J connectivity index is 3.20. The molecule has 1 aromatic rings. The van der Waals surface area contributed by atoms with E-state index >= 15 is 0 Å². The van der Waals surface area contributed by atoms with Gasteiger partial charge in [-0.25, -0.2) is 9.59 Å². The molecule has 0 aliphatic rings. The topological polar surface area (TPSA) is 79.4 Å². The van der Waals surface area contributed by atoms with E-state index < -0.39 is 11.9 Å². The number of aryl methyl sites for hydroxylation is 1. The normalized spacial score (nSPS) is 10.8. The number of H-pyrrole nitrogens is 1. The number of aromatic nitrogens is 1. The first-order chi connectivity index (χ1) is 8.51. The SMILES string of the molecule is CCOC(=O)c1[nH]c(C)c(/C=C/C(=O)O)c1CC. The van der Waals surface area contributed by atoms with E-state index in [1.54, 1.807) is 13.8 Å². The van der Waals surface area contributed by atoms with Crippen LogP contribution in [0, 0.1) is 6.92 Å². The maximum absolute atomic E-state index is 11.7. The van der Waals surface area contributed by atoms with Gasteiger partial charge in [-0.3, -0.25) is 0 Å². The Bertz CT molecular complexity index is 485. The highest BCUT2D eigenvalue weighted by Crippen LogP contribution is 2.21. The van der Waals surface area contributed by atoms with Gasteiger partial charge in [0.25, 0.3) is 0 Å². The van der Waals surface area contributed by atoms with Crippen molar-refractivity contribution in [3.8, 4) is 0 Å². The Morgan fingerprint density at radius 1 is 1.39 bits per heavy atom. The van der Waals surface area contributed by atoms with Crippen molar-refractivity contribution in [3.63, 3.8) is 0 Å². The van der Waals surface area contributed by atoms with Gasteiger partial charge in [-0.1, -0.05) is 6.92 Å². The molecule has 98 valence electrons. The van der Waals surface area contributed by atoms with Crippen molar-refractivity contribution in [2.45, 2.75) is 27.2 Å². The summed E-state index contributed by atoms with van der Waals surface area (Å²) < 4.78 is 4.95. The molecule has 5 nitrogen and oxygen atoms in total. The third-order valence-corrected chi connectivity index (χ3v) is 2.57. The average Bonchev–Trinajstić information content (AvgIpc) is 2.63. The van der Waals surface area contributed by atoms with Crippen molar-refractivity contribution < 1.29 is 19.4 Å². The number of aromatic amines is 1. The number of hydrogen-bond donors (Lipinski definition) is 2. The number of carbonyl (C=O) groups excluding carboxylic acids is 1. The predicted molar refractivity (Wildman–Crippen MR) is 67.5 cm³/mol. The van der Waals surface area contributed by atoms with Crippen molar-refractivity contribution in [3.05, 3.63) is 28.6 Å². The molecule has 0 aromatic carbocycles. The Morgan fingerprint density at radius 3 is 2.56 bits per heavy atom. The maximum atomic E-state index is 11.7. The van der Waals surface area contributed by atoms with Gasteiger partial charge in [0.1, 0.15) is 5.69 Å². The zero-order valence-electron chi connectivity index (χ0n) is 10.7. The van der Waals surface area contributed by atoms with E-state index in [-0.39, 0.29) is 0 Å². The van der Waals surface area contributed by atoms with Crippen LogP contribution in [0.25, 0.3) is 6.08 Å². The molecule has 0 fully saturated rings. The van der Waals surface area contributed by atoms with E-state index in [1.807, 2.05) is 6.92 Å². The van der Waals surface area contributed by atoms with E-state index in [0.717, 1.165) is 22.9 Å². The van der Waals surface area contributed by atoms with Gasteiger partial charge in [-0.05, 0) is 37.5 Å². The molecule has 2 N–H and O–H groups in total. The van der Waals surface area contributed by atoms with Gasteiger partial charge >= 0.3 is 11.9 Å². The molecule has 1 heterocycles. The lowest BCUT2D eigenvalue weighted by molar-refractivity contribution is -0.131.